The van der Waals surface area contributed by atoms with E-state index in [-0.39, 0.29) is 12.1 Å². The molecule has 26 heavy (non-hydrogen) atoms. The number of ether oxygens (including phenoxy) is 2. The van der Waals surface area contributed by atoms with Crippen LogP contribution in [-0.4, -0.2) is 61.3 Å². The summed E-state index contributed by atoms with van der Waals surface area (Å²) < 4.78 is 11.8. The molecule has 0 spiro atoms. The molecule has 140 valence electrons. The molecule has 1 aromatic carbocycles. The minimum atomic E-state index is -0.352. The summed E-state index contributed by atoms with van der Waals surface area (Å²) in [6.07, 6.45) is 2.58. The Balaban J connectivity index is 1.69. The molecule has 2 aromatic rings. The summed E-state index contributed by atoms with van der Waals surface area (Å²) in [7, 11) is 1.40. The van der Waals surface area contributed by atoms with E-state index in [9.17, 15) is 4.79 Å². The number of esters is 1. The Labute approximate surface area is 157 Å². The van der Waals surface area contributed by atoms with Crippen LogP contribution in [0.25, 0.3) is 10.2 Å². The number of nitrogens with zero attached hydrogens (tertiary/aromatic N) is 3. The molecule has 2 saturated heterocycles. The van der Waals surface area contributed by atoms with Gasteiger partial charge in [0, 0.05) is 25.7 Å². The van der Waals surface area contributed by atoms with Crippen LogP contribution in [0.3, 0.4) is 0 Å². The first-order valence-electron chi connectivity index (χ1n) is 9.23. The molecular weight excluding hydrogens is 350 g/mol. The van der Waals surface area contributed by atoms with Crippen LogP contribution < -0.4 is 9.64 Å². The highest BCUT2D eigenvalue weighted by atomic mass is 32.1. The maximum absolute atomic E-state index is 12.0. The number of thiazole rings is 1. The number of piperazine rings is 1. The zero-order valence-electron chi connectivity index (χ0n) is 15.5. The number of hydrogen-bond donors (Lipinski definition) is 0. The van der Waals surface area contributed by atoms with Gasteiger partial charge in [-0.15, -0.1) is 0 Å². The molecule has 0 saturated carbocycles. The highest BCUT2D eigenvalue weighted by Crippen LogP contribution is 2.37. The highest BCUT2D eigenvalue weighted by molar-refractivity contribution is 7.22. The van der Waals surface area contributed by atoms with Crippen LogP contribution in [0.15, 0.2) is 12.1 Å². The average Bonchev–Trinajstić information content (AvgIpc) is 3.26. The van der Waals surface area contributed by atoms with E-state index in [4.69, 9.17) is 14.5 Å². The first-order valence-corrected chi connectivity index (χ1v) is 10.1. The first-order chi connectivity index (χ1) is 12.5. The van der Waals surface area contributed by atoms with Gasteiger partial charge in [-0.3, -0.25) is 4.90 Å². The second-order valence-electron chi connectivity index (χ2n) is 7.25. The monoisotopic (exact) mass is 375 g/mol. The lowest BCUT2D eigenvalue weighted by Crippen LogP contribution is -2.50. The van der Waals surface area contributed by atoms with Gasteiger partial charge < -0.3 is 14.4 Å². The van der Waals surface area contributed by atoms with Gasteiger partial charge in [-0.1, -0.05) is 11.3 Å². The van der Waals surface area contributed by atoms with Crippen LogP contribution in [0.5, 0.6) is 5.75 Å². The van der Waals surface area contributed by atoms with Gasteiger partial charge in [0.25, 0.3) is 0 Å². The minimum Gasteiger partial charge on any atom is -0.489 e. The van der Waals surface area contributed by atoms with Gasteiger partial charge in [0.05, 0.1) is 23.5 Å². The van der Waals surface area contributed by atoms with Gasteiger partial charge in [0.15, 0.2) is 5.13 Å². The lowest BCUT2D eigenvalue weighted by molar-refractivity contribution is 0.0600. The van der Waals surface area contributed by atoms with Crippen LogP contribution in [0, 0.1) is 0 Å². The number of anilines is 1. The van der Waals surface area contributed by atoms with Gasteiger partial charge >= 0.3 is 5.97 Å². The van der Waals surface area contributed by atoms with Crippen molar-refractivity contribution in [3.63, 3.8) is 0 Å². The van der Waals surface area contributed by atoms with Gasteiger partial charge in [0.2, 0.25) is 0 Å². The van der Waals surface area contributed by atoms with Crippen molar-refractivity contribution in [2.45, 2.75) is 38.8 Å². The molecule has 2 fully saturated rings. The van der Waals surface area contributed by atoms with E-state index in [2.05, 4.69) is 9.80 Å². The molecule has 6 nitrogen and oxygen atoms in total. The van der Waals surface area contributed by atoms with E-state index >= 15 is 0 Å². The van der Waals surface area contributed by atoms with Crippen molar-refractivity contribution in [3.8, 4) is 5.75 Å². The Morgan fingerprint density at radius 3 is 2.92 bits per heavy atom. The third kappa shape index (κ3) is 3.25. The normalized spacial score (nSPS) is 20.6. The molecule has 0 radical (unpaired) electrons. The molecule has 1 atom stereocenters. The third-order valence-electron chi connectivity index (χ3n) is 5.09. The van der Waals surface area contributed by atoms with Crippen LogP contribution in [0.1, 0.15) is 37.0 Å². The van der Waals surface area contributed by atoms with Gasteiger partial charge in [-0.05, 0) is 45.4 Å². The van der Waals surface area contributed by atoms with Gasteiger partial charge in [-0.2, -0.15) is 0 Å². The Morgan fingerprint density at radius 2 is 2.15 bits per heavy atom. The molecular formula is C19H25N3O3S. The number of benzene rings is 1. The minimum absolute atomic E-state index is 0.0123. The fourth-order valence-corrected chi connectivity index (χ4v) is 4.92. The van der Waals surface area contributed by atoms with Gasteiger partial charge in [0.1, 0.15) is 11.3 Å². The molecule has 2 aliphatic rings. The maximum Gasteiger partial charge on any atom is 0.338 e. The number of carbonyl (C=O) groups excluding carboxylic acids is 1. The maximum atomic E-state index is 12.0. The predicted octanol–water partition coefficient (Wildman–Crippen LogP) is 3.15. The van der Waals surface area contributed by atoms with Crippen molar-refractivity contribution < 1.29 is 14.3 Å². The van der Waals surface area contributed by atoms with Crippen LogP contribution >= 0.6 is 11.3 Å². The fourth-order valence-electron chi connectivity index (χ4n) is 3.87. The van der Waals surface area contributed by atoms with Crippen LogP contribution in [-0.2, 0) is 4.74 Å². The zero-order valence-corrected chi connectivity index (χ0v) is 16.3. The van der Waals surface area contributed by atoms with E-state index in [1.807, 2.05) is 19.9 Å². The summed E-state index contributed by atoms with van der Waals surface area (Å²) in [4.78, 5) is 21.9. The Hall–Kier alpha value is -1.86. The van der Waals surface area contributed by atoms with Crippen molar-refractivity contribution in [3.05, 3.63) is 17.7 Å². The molecule has 0 amide bonds. The lowest BCUT2D eigenvalue weighted by Gasteiger charge is -2.37. The number of aromatic nitrogens is 1. The highest BCUT2D eigenvalue weighted by Gasteiger charge is 2.32. The zero-order chi connectivity index (χ0) is 18.3. The molecule has 1 aromatic heterocycles. The standard InChI is InChI=1S/C19H25N3O3S/c1-12(2)25-15-9-13(18(23)24-3)10-16-17(15)20-19(26-16)22-8-7-21-6-4-5-14(21)11-22/h9-10,12,14H,4-8,11H2,1-3H3. The summed E-state index contributed by atoms with van der Waals surface area (Å²) >= 11 is 1.63. The number of carbonyl (C=O) groups is 1. The van der Waals surface area contributed by atoms with Gasteiger partial charge in [-0.25, -0.2) is 9.78 Å². The molecule has 7 heteroatoms. The van der Waals surface area contributed by atoms with E-state index in [0.717, 1.165) is 35.0 Å². The smallest absolute Gasteiger partial charge is 0.338 e. The molecule has 0 aliphatic carbocycles. The number of hydrogen-bond acceptors (Lipinski definition) is 7. The topological polar surface area (TPSA) is 54.9 Å². The van der Waals surface area contributed by atoms with Crippen molar-refractivity contribution in [1.29, 1.82) is 0 Å². The molecule has 4 rings (SSSR count). The SMILES string of the molecule is COC(=O)c1cc(OC(C)C)c2nc(N3CCN4CCCC4C3)sc2c1. The second-order valence-corrected chi connectivity index (χ2v) is 8.26. The van der Waals surface area contributed by atoms with E-state index < -0.39 is 0 Å². The van der Waals surface area contributed by atoms with Crippen LogP contribution in [0.2, 0.25) is 0 Å². The van der Waals surface area contributed by atoms with Crippen molar-refractivity contribution >= 4 is 32.7 Å². The van der Waals surface area contributed by atoms with E-state index in [1.54, 1.807) is 17.4 Å². The average molecular weight is 375 g/mol. The van der Waals surface area contributed by atoms with Crippen molar-refractivity contribution in [2.75, 3.05) is 38.2 Å². The molecule has 0 bridgehead atoms. The van der Waals surface area contributed by atoms with E-state index in [1.165, 1.54) is 26.5 Å². The molecule has 3 heterocycles. The quantitative estimate of drug-likeness (QED) is 0.765. The Kier molecular flexibility index (Phi) is 4.75. The summed E-state index contributed by atoms with van der Waals surface area (Å²) in [6.45, 7) is 8.31. The van der Waals surface area contributed by atoms with Crippen molar-refractivity contribution in [2.24, 2.45) is 0 Å². The molecule has 0 N–H and O–H groups in total. The second kappa shape index (κ2) is 7.04. The fraction of sp³-hybridized carbons (Fsp3) is 0.579. The largest absolute Gasteiger partial charge is 0.489 e. The Morgan fingerprint density at radius 1 is 1.31 bits per heavy atom. The number of rotatable bonds is 4. The summed E-state index contributed by atoms with van der Waals surface area (Å²) in [5, 5.41) is 1.02. The van der Waals surface area contributed by atoms with Crippen molar-refractivity contribution in [1.82, 2.24) is 9.88 Å². The third-order valence-corrected chi connectivity index (χ3v) is 6.15. The first kappa shape index (κ1) is 17.5. The lowest BCUT2D eigenvalue weighted by atomic mass is 10.2. The molecule has 1 unspecified atom stereocenters. The van der Waals surface area contributed by atoms with Crippen LogP contribution in [0.4, 0.5) is 5.13 Å². The predicted molar refractivity (Wildman–Crippen MR) is 104 cm³/mol. The summed E-state index contributed by atoms with van der Waals surface area (Å²) in [5.41, 5.74) is 1.34. The summed E-state index contributed by atoms with van der Waals surface area (Å²) in [6, 6.07) is 4.25. The Bertz CT molecular complexity index is 820. The molecule has 2 aliphatic heterocycles. The number of methoxy groups -OCH3 is 1. The summed E-state index contributed by atoms with van der Waals surface area (Å²) in [5.74, 6) is 0.301. The van der Waals surface area contributed by atoms with E-state index in [0.29, 0.717) is 17.4 Å². The number of fused-ring (bicyclic) bond motifs is 2.